The van der Waals surface area contributed by atoms with Crippen molar-refractivity contribution < 1.29 is 23.1 Å². The Balaban J connectivity index is 1.55. The third kappa shape index (κ3) is 3.85. The van der Waals surface area contributed by atoms with Crippen LogP contribution in [0.5, 0.6) is 0 Å². The van der Waals surface area contributed by atoms with E-state index in [0.717, 1.165) is 57.5 Å². The lowest BCUT2D eigenvalue weighted by atomic mass is 9.86. The Kier molecular flexibility index (Phi) is 5.61. The number of nitrogens with one attached hydrogen (secondary N) is 2. The summed E-state index contributed by atoms with van der Waals surface area (Å²) in [7, 11) is 0. The molecule has 2 atom stereocenters. The Morgan fingerprint density at radius 2 is 2.06 bits per heavy atom. The minimum atomic E-state index is -5.05. The van der Waals surface area contributed by atoms with Gasteiger partial charge in [-0.1, -0.05) is 17.7 Å². The van der Waals surface area contributed by atoms with E-state index in [1.807, 2.05) is 18.2 Å². The highest BCUT2D eigenvalue weighted by Gasteiger charge is 2.57. The largest absolute Gasteiger partial charge is 0.426 e. The van der Waals surface area contributed by atoms with Crippen molar-refractivity contribution in [3.63, 3.8) is 0 Å². The second kappa shape index (κ2) is 8.25. The van der Waals surface area contributed by atoms with Gasteiger partial charge in [-0.15, -0.1) is 0 Å². The number of hydrogen-bond donors (Lipinski definition) is 3. The molecule has 0 radical (unpaired) electrons. The van der Waals surface area contributed by atoms with Gasteiger partial charge in [-0.05, 0) is 67.1 Å². The van der Waals surface area contributed by atoms with Gasteiger partial charge in [0.1, 0.15) is 5.65 Å². The van der Waals surface area contributed by atoms with E-state index in [0.29, 0.717) is 24.0 Å². The molecule has 0 bridgehead atoms. The van der Waals surface area contributed by atoms with Crippen molar-refractivity contribution in [3.8, 4) is 11.1 Å². The van der Waals surface area contributed by atoms with Gasteiger partial charge < -0.3 is 20.3 Å². The number of benzene rings is 1. The van der Waals surface area contributed by atoms with E-state index in [1.54, 1.807) is 12.4 Å². The first kappa shape index (κ1) is 23.1. The molecular weight excluding hydrogens is 469 g/mol. The molecule has 2 aliphatic rings. The molecule has 1 aromatic carbocycles. The first-order valence-electron chi connectivity index (χ1n) is 11.2. The summed E-state index contributed by atoms with van der Waals surface area (Å²) in [4.78, 5) is 21.2. The fourth-order valence-electron chi connectivity index (χ4n) is 4.86. The smallest absolute Gasteiger partial charge is 0.373 e. The third-order valence-electron chi connectivity index (χ3n) is 6.88. The summed E-state index contributed by atoms with van der Waals surface area (Å²) in [6, 6.07) is 6.05. The second-order valence-corrected chi connectivity index (χ2v) is 9.56. The average molecular weight is 493 g/mol. The molecule has 2 aromatic heterocycles. The lowest BCUT2D eigenvalue weighted by Gasteiger charge is -2.36. The minimum absolute atomic E-state index is 0.0229. The summed E-state index contributed by atoms with van der Waals surface area (Å²) in [6.45, 7) is 1.49. The van der Waals surface area contributed by atoms with Crippen LogP contribution in [0.1, 0.15) is 42.5 Å². The molecule has 0 spiro atoms. The minimum Gasteiger partial charge on any atom is -0.373 e. The van der Waals surface area contributed by atoms with Crippen molar-refractivity contribution in [1.82, 2.24) is 20.2 Å². The maximum absolute atomic E-state index is 13.3. The number of nitrogens with zero attached hydrogens (tertiary/aromatic N) is 2. The Hall–Kier alpha value is -2.62. The van der Waals surface area contributed by atoms with Crippen molar-refractivity contribution in [2.24, 2.45) is 0 Å². The molecule has 34 heavy (non-hydrogen) atoms. The highest BCUT2D eigenvalue weighted by molar-refractivity contribution is 6.35. The number of amides is 1. The van der Waals surface area contributed by atoms with E-state index < -0.39 is 17.7 Å². The van der Waals surface area contributed by atoms with Crippen molar-refractivity contribution in [2.75, 3.05) is 13.1 Å². The van der Waals surface area contributed by atoms with E-state index >= 15 is 0 Å². The maximum Gasteiger partial charge on any atom is 0.426 e. The normalized spacial score (nSPS) is 20.4. The summed E-state index contributed by atoms with van der Waals surface area (Å²) in [5.41, 5.74) is 1.88. The monoisotopic (exact) mass is 492 g/mol. The van der Waals surface area contributed by atoms with Crippen LogP contribution in [-0.2, 0) is 17.8 Å². The number of aliphatic hydroxyl groups is 1. The second-order valence-electron chi connectivity index (χ2n) is 9.16. The quantitative estimate of drug-likeness (QED) is 0.502. The molecule has 3 aromatic rings. The number of fused-ring (bicyclic) bond motifs is 2. The number of rotatable bonds is 3. The number of halogens is 4. The maximum atomic E-state index is 13.3. The van der Waals surface area contributed by atoms with Gasteiger partial charge in [0.05, 0.1) is 5.02 Å². The first-order valence-corrected chi connectivity index (χ1v) is 11.5. The van der Waals surface area contributed by atoms with Crippen LogP contribution in [-0.4, -0.2) is 50.7 Å². The number of pyridine rings is 1. The van der Waals surface area contributed by atoms with Gasteiger partial charge in [0, 0.05) is 42.5 Å². The van der Waals surface area contributed by atoms with Crippen LogP contribution in [0.15, 0.2) is 30.6 Å². The molecule has 1 saturated heterocycles. The summed E-state index contributed by atoms with van der Waals surface area (Å²) in [6.07, 6.45) is 0.679. The number of carbonyl (C=O) groups is 1. The van der Waals surface area contributed by atoms with Crippen molar-refractivity contribution in [2.45, 2.75) is 50.6 Å². The molecule has 4 heterocycles. The van der Waals surface area contributed by atoms with Crippen LogP contribution in [0, 0.1) is 0 Å². The molecule has 0 aliphatic carbocycles. The van der Waals surface area contributed by atoms with E-state index in [1.165, 1.54) is 0 Å². The Morgan fingerprint density at radius 1 is 1.26 bits per heavy atom. The van der Waals surface area contributed by atoms with Gasteiger partial charge in [0.25, 0.3) is 5.91 Å². The number of alkyl halides is 3. The molecule has 1 unspecified atom stereocenters. The van der Waals surface area contributed by atoms with Crippen molar-refractivity contribution in [3.05, 3.63) is 52.3 Å². The van der Waals surface area contributed by atoms with Crippen LogP contribution in [0.4, 0.5) is 13.2 Å². The molecule has 1 fully saturated rings. The molecule has 3 N–H and O–H groups in total. The van der Waals surface area contributed by atoms with Crippen LogP contribution >= 0.6 is 11.6 Å². The summed E-state index contributed by atoms with van der Waals surface area (Å²) in [5, 5.41) is 14.8. The average Bonchev–Trinajstić information content (AvgIpc) is 3.47. The van der Waals surface area contributed by atoms with Gasteiger partial charge in [0.2, 0.25) is 5.60 Å². The highest BCUT2D eigenvalue weighted by atomic mass is 35.5. The van der Waals surface area contributed by atoms with Gasteiger partial charge in [-0.3, -0.25) is 4.79 Å². The molecule has 6 nitrogen and oxygen atoms in total. The number of aromatic amines is 1. The number of H-pyrrole nitrogens is 1. The molecular formula is C24H24ClF3N4O2. The molecule has 10 heteroatoms. The van der Waals surface area contributed by atoms with Crippen LogP contribution < -0.4 is 5.32 Å². The third-order valence-corrected chi connectivity index (χ3v) is 7.19. The molecule has 1 amide bonds. The van der Waals surface area contributed by atoms with E-state index in [9.17, 15) is 23.1 Å². The zero-order valence-electron chi connectivity index (χ0n) is 18.5. The zero-order valence-corrected chi connectivity index (χ0v) is 19.2. The van der Waals surface area contributed by atoms with E-state index in [2.05, 4.69) is 15.3 Å². The van der Waals surface area contributed by atoms with Crippen molar-refractivity contribution in [1.29, 1.82) is 0 Å². The van der Waals surface area contributed by atoms with Gasteiger partial charge in [-0.25, -0.2) is 4.98 Å². The molecule has 0 saturated carbocycles. The topological polar surface area (TPSA) is 81.2 Å². The number of aromatic nitrogens is 2. The van der Waals surface area contributed by atoms with Gasteiger partial charge >= 0.3 is 6.18 Å². The first-order chi connectivity index (χ1) is 16.1. The Labute approximate surface area is 199 Å². The molecule has 5 rings (SSSR count). The summed E-state index contributed by atoms with van der Waals surface area (Å²) < 4.78 is 39.9. The number of carbonyl (C=O) groups excluding carboxylic acids is 1. The fourth-order valence-corrected chi connectivity index (χ4v) is 5.06. The summed E-state index contributed by atoms with van der Waals surface area (Å²) >= 11 is 6.28. The lowest BCUT2D eigenvalue weighted by Crippen LogP contribution is -2.56. The molecule has 2 aliphatic heterocycles. The predicted molar refractivity (Wildman–Crippen MR) is 122 cm³/mol. The Morgan fingerprint density at radius 3 is 2.76 bits per heavy atom. The van der Waals surface area contributed by atoms with Crippen LogP contribution in [0.2, 0.25) is 5.02 Å². The SMILES string of the molecule is CC(O)(C(=O)N1CCc2cc(-c3cnc4[nH]cc(Cl)c4c3)cc([C@@H]3CCCN3)c2C1)C(F)(F)F. The predicted octanol–water partition coefficient (Wildman–Crippen LogP) is 4.51. The zero-order chi connectivity index (χ0) is 24.3. The number of hydrogen-bond acceptors (Lipinski definition) is 4. The summed E-state index contributed by atoms with van der Waals surface area (Å²) in [5.74, 6) is -1.32. The van der Waals surface area contributed by atoms with Crippen LogP contribution in [0.25, 0.3) is 22.2 Å². The standard InChI is InChI=1S/C24H24ClF3N4O2/c1-23(34,24(26,27)28)22(33)32-6-4-13-7-14(8-16(18(13)12-32)20-3-2-5-29-20)15-9-17-19(25)11-31-21(17)30-10-15/h7-11,20,29,34H,2-6,12H2,1H3,(H,30,31)/t20-,23?/m0/s1. The van der Waals surface area contributed by atoms with Crippen molar-refractivity contribution >= 4 is 28.5 Å². The lowest BCUT2D eigenvalue weighted by molar-refractivity contribution is -0.250. The fraction of sp³-hybridized carbons (Fsp3) is 0.417. The van der Waals surface area contributed by atoms with E-state index in [4.69, 9.17) is 11.6 Å². The molecule has 180 valence electrons. The van der Waals surface area contributed by atoms with Crippen LogP contribution in [0.3, 0.4) is 0 Å². The van der Waals surface area contributed by atoms with E-state index in [-0.39, 0.29) is 19.1 Å². The van der Waals surface area contributed by atoms with Gasteiger partial charge in [-0.2, -0.15) is 13.2 Å². The van der Waals surface area contributed by atoms with Gasteiger partial charge in [0.15, 0.2) is 0 Å². The highest BCUT2D eigenvalue weighted by Crippen LogP contribution is 2.38. The Bertz CT molecular complexity index is 1270.